The van der Waals surface area contributed by atoms with E-state index >= 15 is 0 Å². The Balaban J connectivity index is 2.44. The van der Waals surface area contributed by atoms with E-state index in [9.17, 15) is 13.6 Å². The van der Waals surface area contributed by atoms with Gasteiger partial charge in [0.05, 0.1) is 6.20 Å². The van der Waals surface area contributed by atoms with Gasteiger partial charge in [-0.2, -0.15) is 0 Å². The van der Waals surface area contributed by atoms with E-state index < -0.39 is 29.0 Å². The van der Waals surface area contributed by atoms with E-state index in [-0.39, 0.29) is 11.7 Å². The Labute approximate surface area is 119 Å². The molecule has 1 N–H and O–H groups in total. The first-order valence-electron chi connectivity index (χ1n) is 6.11. The van der Waals surface area contributed by atoms with E-state index in [1.165, 1.54) is 0 Å². The van der Waals surface area contributed by atoms with Gasteiger partial charge in [0, 0.05) is 12.0 Å². The van der Waals surface area contributed by atoms with Crippen LogP contribution < -0.4 is 4.74 Å². The highest BCUT2D eigenvalue weighted by Crippen LogP contribution is 2.27. The van der Waals surface area contributed by atoms with Crippen molar-refractivity contribution < 1.29 is 23.4 Å². The second-order valence-electron chi connectivity index (χ2n) is 4.58. The molecule has 0 saturated heterocycles. The van der Waals surface area contributed by atoms with Crippen LogP contribution in [0, 0.1) is 11.6 Å². The van der Waals surface area contributed by atoms with Crippen LogP contribution in [0.15, 0.2) is 24.4 Å². The van der Waals surface area contributed by atoms with Gasteiger partial charge in [-0.05, 0) is 12.1 Å². The molecular formula is C14H12F2N2O3. The Kier molecular flexibility index (Phi) is 4.11. The first-order valence-corrected chi connectivity index (χ1v) is 6.11. The lowest BCUT2D eigenvalue weighted by molar-refractivity contribution is 0.0686. The van der Waals surface area contributed by atoms with Gasteiger partial charge in [0.1, 0.15) is 11.6 Å². The minimum atomic E-state index is -1.34. The number of carboxylic acid groups (broad SMARTS) is 1. The minimum Gasteiger partial charge on any atom is -0.476 e. The predicted octanol–water partition coefficient (Wildman–Crippen LogP) is 3.37. The fourth-order valence-corrected chi connectivity index (χ4v) is 1.56. The first kappa shape index (κ1) is 14.8. The van der Waals surface area contributed by atoms with E-state index in [4.69, 9.17) is 9.84 Å². The molecule has 0 aliphatic carbocycles. The molecule has 7 heteroatoms. The van der Waals surface area contributed by atoms with E-state index in [0.717, 1.165) is 24.4 Å². The molecule has 2 aromatic rings. The smallest absolute Gasteiger partial charge is 0.358 e. The van der Waals surface area contributed by atoms with Crippen molar-refractivity contribution in [3.8, 4) is 11.5 Å². The summed E-state index contributed by atoms with van der Waals surface area (Å²) in [6, 6.07) is 2.63. The number of ether oxygens (including phenoxy) is 1. The molecule has 0 aliphatic rings. The summed E-state index contributed by atoms with van der Waals surface area (Å²) in [5.74, 6) is -3.31. The molecule has 0 amide bonds. The third-order valence-electron chi connectivity index (χ3n) is 2.61. The fourth-order valence-electron chi connectivity index (χ4n) is 1.56. The van der Waals surface area contributed by atoms with E-state index in [1.807, 2.05) is 0 Å². The maximum Gasteiger partial charge on any atom is 0.358 e. The maximum absolute atomic E-state index is 13.5. The summed E-state index contributed by atoms with van der Waals surface area (Å²) in [6.07, 6.45) is 1.14. The number of carboxylic acids is 1. The molecule has 0 unspecified atom stereocenters. The second-order valence-corrected chi connectivity index (χ2v) is 4.58. The summed E-state index contributed by atoms with van der Waals surface area (Å²) in [6.45, 7) is 3.60. The van der Waals surface area contributed by atoms with Crippen LogP contribution in [0.25, 0.3) is 0 Å². The van der Waals surface area contributed by atoms with Gasteiger partial charge < -0.3 is 9.84 Å². The zero-order valence-electron chi connectivity index (χ0n) is 11.3. The van der Waals surface area contributed by atoms with E-state index in [2.05, 4.69) is 9.97 Å². The Morgan fingerprint density at radius 2 is 2.00 bits per heavy atom. The molecule has 1 heterocycles. The van der Waals surface area contributed by atoms with Crippen molar-refractivity contribution in [1.29, 1.82) is 0 Å². The van der Waals surface area contributed by atoms with Gasteiger partial charge in [0.25, 0.3) is 0 Å². The fraction of sp³-hybridized carbons (Fsp3) is 0.214. The number of carbonyl (C=O) groups is 1. The number of hydrogen-bond donors (Lipinski definition) is 1. The molecule has 0 fully saturated rings. The van der Waals surface area contributed by atoms with Crippen molar-refractivity contribution >= 4 is 5.97 Å². The van der Waals surface area contributed by atoms with E-state index in [0.29, 0.717) is 5.82 Å². The molecule has 0 saturated carbocycles. The van der Waals surface area contributed by atoms with Gasteiger partial charge in [-0.25, -0.2) is 23.5 Å². The molecule has 0 bridgehead atoms. The molecule has 110 valence electrons. The van der Waals surface area contributed by atoms with Crippen molar-refractivity contribution in [3.63, 3.8) is 0 Å². The minimum absolute atomic E-state index is 0.0805. The quantitative estimate of drug-likeness (QED) is 0.936. The van der Waals surface area contributed by atoms with E-state index in [1.54, 1.807) is 13.8 Å². The van der Waals surface area contributed by atoms with Crippen LogP contribution in [0.3, 0.4) is 0 Å². The van der Waals surface area contributed by atoms with Crippen molar-refractivity contribution in [3.05, 3.63) is 47.5 Å². The largest absolute Gasteiger partial charge is 0.476 e. The molecule has 0 spiro atoms. The Morgan fingerprint density at radius 1 is 1.29 bits per heavy atom. The number of aromatic carboxylic acids is 1. The summed E-state index contributed by atoms with van der Waals surface area (Å²) < 4.78 is 31.7. The van der Waals surface area contributed by atoms with Gasteiger partial charge in [-0.3, -0.25) is 0 Å². The lowest BCUT2D eigenvalue weighted by Gasteiger charge is -2.11. The molecule has 1 aromatic carbocycles. The number of benzene rings is 1. The molecular weight excluding hydrogens is 282 g/mol. The third-order valence-corrected chi connectivity index (χ3v) is 2.61. The van der Waals surface area contributed by atoms with Crippen molar-refractivity contribution in [1.82, 2.24) is 9.97 Å². The number of hydrogen-bond acceptors (Lipinski definition) is 4. The Morgan fingerprint density at radius 3 is 2.62 bits per heavy atom. The molecule has 0 atom stereocenters. The summed E-state index contributed by atoms with van der Waals surface area (Å²) in [5.41, 5.74) is -0.405. The zero-order valence-corrected chi connectivity index (χ0v) is 11.3. The number of nitrogens with zero attached hydrogens (tertiary/aromatic N) is 2. The van der Waals surface area contributed by atoms with Gasteiger partial charge >= 0.3 is 5.97 Å². The van der Waals surface area contributed by atoms with Crippen molar-refractivity contribution in [2.75, 3.05) is 0 Å². The molecule has 21 heavy (non-hydrogen) atoms. The first-order chi connectivity index (χ1) is 9.88. The van der Waals surface area contributed by atoms with Crippen molar-refractivity contribution in [2.24, 2.45) is 0 Å². The highest BCUT2D eigenvalue weighted by molar-refractivity contribution is 5.88. The highest BCUT2D eigenvalue weighted by atomic mass is 19.1. The number of halogens is 2. The molecule has 2 rings (SSSR count). The summed E-state index contributed by atoms with van der Waals surface area (Å²) in [4.78, 5) is 19.0. The summed E-state index contributed by atoms with van der Waals surface area (Å²) in [7, 11) is 0. The van der Waals surface area contributed by atoms with Gasteiger partial charge in [-0.15, -0.1) is 0 Å². The highest BCUT2D eigenvalue weighted by Gasteiger charge is 2.18. The average molecular weight is 294 g/mol. The van der Waals surface area contributed by atoms with Gasteiger partial charge in [0.2, 0.25) is 0 Å². The lowest BCUT2D eigenvalue weighted by atomic mass is 10.2. The Bertz CT molecular complexity index is 690. The summed E-state index contributed by atoms with van der Waals surface area (Å²) in [5, 5.41) is 9.14. The average Bonchev–Trinajstić information content (AvgIpc) is 2.42. The maximum atomic E-state index is 13.5. The molecule has 0 aliphatic heterocycles. The topological polar surface area (TPSA) is 72.3 Å². The third kappa shape index (κ3) is 3.31. The molecule has 5 nitrogen and oxygen atoms in total. The van der Waals surface area contributed by atoms with Crippen LogP contribution in [0.4, 0.5) is 8.78 Å². The lowest BCUT2D eigenvalue weighted by Crippen LogP contribution is -2.09. The van der Waals surface area contributed by atoms with Gasteiger partial charge in [0.15, 0.2) is 23.0 Å². The number of aromatic nitrogens is 2. The van der Waals surface area contributed by atoms with Crippen LogP contribution >= 0.6 is 0 Å². The standard InChI is InChI=1S/C14H12F2N2O3/c1-7(2)13-17-6-11(12(18-13)14(19)20)21-10-5-8(15)3-4-9(10)16/h3-7H,1-2H3,(H,19,20). The number of rotatable bonds is 4. The van der Waals surface area contributed by atoms with Crippen LogP contribution in [-0.2, 0) is 0 Å². The monoisotopic (exact) mass is 294 g/mol. The molecule has 0 radical (unpaired) electrons. The molecule has 1 aromatic heterocycles. The van der Waals surface area contributed by atoms with Crippen molar-refractivity contribution in [2.45, 2.75) is 19.8 Å². The normalized spacial score (nSPS) is 10.7. The predicted molar refractivity (Wildman–Crippen MR) is 69.5 cm³/mol. The SMILES string of the molecule is CC(C)c1ncc(Oc2cc(F)ccc2F)c(C(=O)O)n1. The summed E-state index contributed by atoms with van der Waals surface area (Å²) >= 11 is 0. The van der Waals surface area contributed by atoms with Gasteiger partial charge in [-0.1, -0.05) is 13.8 Å². The van der Waals surface area contributed by atoms with Crippen LogP contribution in [0.1, 0.15) is 36.1 Å². The zero-order chi connectivity index (χ0) is 15.6. The van der Waals surface area contributed by atoms with Crippen LogP contribution in [0.2, 0.25) is 0 Å². The Hall–Kier alpha value is -2.57. The second kappa shape index (κ2) is 5.82. The van der Waals surface area contributed by atoms with Crippen LogP contribution in [-0.4, -0.2) is 21.0 Å². The van der Waals surface area contributed by atoms with Crippen LogP contribution in [0.5, 0.6) is 11.5 Å².